The molecular formula is C13H20O5. The van der Waals surface area contributed by atoms with Gasteiger partial charge in [-0.25, -0.2) is 0 Å². The van der Waals surface area contributed by atoms with Crippen LogP contribution in [0.2, 0.25) is 0 Å². The van der Waals surface area contributed by atoms with Gasteiger partial charge in [0.05, 0.1) is 6.61 Å². The van der Waals surface area contributed by atoms with Crippen molar-refractivity contribution in [1.82, 2.24) is 0 Å². The summed E-state index contributed by atoms with van der Waals surface area (Å²) in [5, 5.41) is 0. The van der Waals surface area contributed by atoms with Crippen molar-refractivity contribution >= 4 is 0 Å². The van der Waals surface area contributed by atoms with Gasteiger partial charge >= 0.3 is 0 Å². The first kappa shape index (κ1) is 12.6. The Morgan fingerprint density at radius 3 is 2.28 bits per heavy atom. The molecule has 0 aromatic carbocycles. The third-order valence-corrected chi connectivity index (χ3v) is 3.44. The average molecular weight is 256 g/mol. The van der Waals surface area contributed by atoms with Gasteiger partial charge in [-0.2, -0.15) is 0 Å². The molecule has 3 saturated heterocycles. The van der Waals surface area contributed by atoms with Crippen LogP contribution < -0.4 is 0 Å². The van der Waals surface area contributed by atoms with Gasteiger partial charge in [0.1, 0.15) is 18.3 Å². The van der Waals surface area contributed by atoms with E-state index >= 15 is 0 Å². The summed E-state index contributed by atoms with van der Waals surface area (Å²) < 4.78 is 28.7. The maximum atomic E-state index is 5.86. The summed E-state index contributed by atoms with van der Waals surface area (Å²) in [5.74, 6) is -1.18. The molecule has 0 spiro atoms. The molecule has 3 rings (SSSR count). The molecule has 5 nitrogen and oxygen atoms in total. The molecule has 0 amide bonds. The van der Waals surface area contributed by atoms with Crippen LogP contribution >= 0.6 is 0 Å². The van der Waals surface area contributed by atoms with E-state index in [1.54, 1.807) is 0 Å². The SMILES string of the molecule is C=C1C(C2COC(C)(C)O2)O[C@@H]2OC(C)(C)O[C@H]12. The Labute approximate surface area is 107 Å². The topological polar surface area (TPSA) is 46.2 Å². The van der Waals surface area contributed by atoms with Gasteiger partial charge in [-0.3, -0.25) is 0 Å². The third kappa shape index (κ3) is 2.00. The molecule has 18 heavy (non-hydrogen) atoms. The number of fused-ring (bicyclic) bond motifs is 1. The Morgan fingerprint density at radius 2 is 1.72 bits per heavy atom. The molecular weight excluding hydrogens is 236 g/mol. The highest BCUT2D eigenvalue weighted by Gasteiger charge is 2.54. The number of hydrogen-bond acceptors (Lipinski definition) is 5. The van der Waals surface area contributed by atoms with Crippen LogP contribution in [0.1, 0.15) is 27.7 Å². The van der Waals surface area contributed by atoms with Gasteiger partial charge in [0.25, 0.3) is 0 Å². The Kier molecular flexibility index (Phi) is 2.63. The summed E-state index contributed by atoms with van der Waals surface area (Å²) in [7, 11) is 0. The second-order valence-corrected chi connectivity index (χ2v) is 5.92. The lowest BCUT2D eigenvalue weighted by atomic mass is 10.0. The highest BCUT2D eigenvalue weighted by atomic mass is 16.8. The van der Waals surface area contributed by atoms with Gasteiger partial charge in [-0.15, -0.1) is 0 Å². The molecule has 2 unspecified atom stereocenters. The van der Waals surface area contributed by atoms with E-state index in [9.17, 15) is 0 Å². The molecule has 0 bridgehead atoms. The van der Waals surface area contributed by atoms with E-state index in [1.165, 1.54) is 0 Å². The van der Waals surface area contributed by atoms with E-state index < -0.39 is 11.6 Å². The van der Waals surface area contributed by atoms with Crippen molar-refractivity contribution in [2.45, 2.75) is 63.9 Å². The summed E-state index contributed by atoms with van der Waals surface area (Å²) in [5.41, 5.74) is 0.872. The molecule has 102 valence electrons. The fourth-order valence-corrected chi connectivity index (χ4v) is 2.67. The maximum Gasteiger partial charge on any atom is 0.191 e. The normalized spacial score (nSPS) is 45.4. The second kappa shape index (κ2) is 3.77. The first-order chi connectivity index (χ1) is 8.27. The first-order valence-corrected chi connectivity index (χ1v) is 6.29. The van der Waals surface area contributed by atoms with E-state index in [4.69, 9.17) is 23.7 Å². The minimum Gasteiger partial charge on any atom is -0.348 e. The Hall–Kier alpha value is -0.460. The van der Waals surface area contributed by atoms with Gasteiger partial charge in [-0.05, 0) is 33.3 Å². The monoisotopic (exact) mass is 256 g/mol. The van der Waals surface area contributed by atoms with Crippen molar-refractivity contribution in [3.8, 4) is 0 Å². The Morgan fingerprint density at radius 1 is 1.00 bits per heavy atom. The lowest BCUT2D eigenvalue weighted by molar-refractivity contribution is -0.215. The highest BCUT2D eigenvalue weighted by molar-refractivity contribution is 5.20. The van der Waals surface area contributed by atoms with Crippen LogP contribution in [0.15, 0.2) is 12.2 Å². The van der Waals surface area contributed by atoms with Crippen LogP contribution in [0.5, 0.6) is 0 Å². The minimum absolute atomic E-state index is 0.145. The van der Waals surface area contributed by atoms with Crippen molar-refractivity contribution < 1.29 is 23.7 Å². The zero-order chi connectivity index (χ0) is 13.1. The van der Waals surface area contributed by atoms with Crippen LogP contribution in [-0.2, 0) is 23.7 Å². The van der Waals surface area contributed by atoms with Crippen LogP contribution in [0, 0.1) is 0 Å². The summed E-state index contributed by atoms with van der Waals surface area (Å²) in [6.07, 6.45) is -0.964. The van der Waals surface area contributed by atoms with Crippen LogP contribution in [0.3, 0.4) is 0 Å². The van der Waals surface area contributed by atoms with Gasteiger partial charge in [0, 0.05) is 0 Å². The molecule has 0 aliphatic carbocycles. The summed E-state index contributed by atoms with van der Waals surface area (Å²) in [6.45, 7) is 12.1. The zero-order valence-electron chi connectivity index (χ0n) is 11.3. The molecule has 3 aliphatic heterocycles. The van der Waals surface area contributed by atoms with Crippen LogP contribution in [0.25, 0.3) is 0 Å². The molecule has 3 fully saturated rings. The van der Waals surface area contributed by atoms with Crippen LogP contribution in [-0.4, -0.2) is 42.8 Å². The Balaban J connectivity index is 1.70. The zero-order valence-corrected chi connectivity index (χ0v) is 11.3. The molecule has 5 heteroatoms. The number of rotatable bonds is 1. The quantitative estimate of drug-likeness (QED) is 0.666. The van der Waals surface area contributed by atoms with Gasteiger partial charge in [0.15, 0.2) is 17.9 Å². The smallest absolute Gasteiger partial charge is 0.191 e. The highest BCUT2D eigenvalue weighted by Crippen LogP contribution is 2.42. The minimum atomic E-state index is -0.616. The third-order valence-electron chi connectivity index (χ3n) is 3.44. The lowest BCUT2D eigenvalue weighted by Crippen LogP contribution is -2.34. The molecule has 3 aliphatic rings. The first-order valence-electron chi connectivity index (χ1n) is 6.29. The molecule has 0 radical (unpaired) electrons. The molecule has 4 atom stereocenters. The van der Waals surface area contributed by atoms with Crippen molar-refractivity contribution in [2.24, 2.45) is 0 Å². The maximum absolute atomic E-state index is 5.86. The van der Waals surface area contributed by atoms with Crippen LogP contribution in [0.4, 0.5) is 0 Å². The summed E-state index contributed by atoms with van der Waals surface area (Å²) in [4.78, 5) is 0. The van der Waals surface area contributed by atoms with E-state index in [0.717, 1.165) is 5.57 Å². The summed E-state index contributed by atoms with van der Waals surface area (Å²) >= 11 is 0. The van der Waals surface area contributed by atoms with E-state index in [1.807, 2.05) is 27.7 Å². The molecule has 0 N–H and O–H groups in total. The van der Waals surface area contributed by atoms with Gasteiger partial charge in [0.2, 0.25) is 0 Å². The predicted molar refractivity (Wildman–Crippen MR) is 62.7 cm³/mol. The van der Waals surface area contributed by atoms with Crippen molar-refractivity contribution in [3.05, 3.63) is 12.2 Å². The Bertz CT molecular complexity index is 376. The summed E-state index contributed by atoms with van der Waals surface area (Å²) in [6, 6.07) is 0. The van der Waals surface area contributed by atoms with E-state index in [2.05, 4.69) is 6.58 Å². The predicted octanol–water partition coefficient (Wildman–Crippen LogP) is 1.57. The fourth-order valence-electron chi connectivity index (χ4n) is 2.67. The van der Waals surface area contributed by atoms with Gasteiger partial charge < -0.3 is 23.7 Å². The largest absolute Gasteiger partial charge is 0.348 e. The lowest BCUT2D eigenvalue weighted by Gasteiger charge is -2.24. The number of ether oxygens (including phenoxy) is 5. The fraction of sp³-hybridized carbons (Fsp3) is 0.846. The second-order valence-electron chi connectivity index (χ2n) is 5.92. The van der Waals surface area contributed by atoms with Crippen molar-refractivity contribution in [1.29, 1.82) is 0 Å². The molecule has 0 aromatic heterocycles. The van der Waals surface area contributed by atoms with Gasteiger partial charge in [-0.1, -0.05) is 6.58 Å². The average Bonchev–Trinajstić information content (AvgIpc) is 2.81. The number of hydrogen-bond donors (Lipinski definition) is 0. The van der Waals surface area contributed by atoms with E-state index in [-0.39, 0.29) is 24.6 Å². The molecule has 0 saturated carbocycles. The standard InChI is InChI=1S/C13H20O5/c1-7-9(8-6-14-12(2,3)16-8)15-11-10(7)17-13(4,5)18-11/h8-11H,1,6H2,2-5H3/t8?,9?,10-,11-/m1/s1. The molecule has 0 aromatic rings. The van der Waals surface area contributed by atoms with Crippen molar-refractivity contribution in [3.63, 3.8) is 0 Å². The van der Waals surface area contributed by atoms with E-state index in [0.29, 0.717) is 6.61 Å². The molecule has 3 heterocycles. The van der Waals surface area contributed by atoms with Crippen molar-refractivity contribution in [2.75, 3.05) is 6.61 Å².